The maximum atomic E-state index is 5.33. The number of unbranched alkanes of at least 4 members (excludes halogenated alkanes) is 1. The Morgan fingerprint density at radius 2 is 1.92 bits per heavy atom. The fourth-order valence-electron chi connectivity index (χ4n) is 2.09. The van der Waals surface area contributed by atoms with Crippen molar-refractivity contribution in [3.8, 4) is 0 Å². The fraction of sp³-hybridized carbons (Fsp3) is 0.909. The van der Waals surface area contributed by atoms with Crippen molar-refractivity contribution in [2.24, 2.45) is 5.92 Å². The Hall–Kier alpha value is -0.0400. The van der Waals surface area contributed by atoms with Gasteiger partial charge in [0.15, 0.2) is 0 Å². The Balaban J connectivity index is 2.09. The van der Waals surface area contributed by atoms with E-state index >= 15 is 0 Å². The van der Waals surface area contributed by atoms with E-state index in [0.717, 1.165) is 12.3 Å². The van der Waals surface area contributed by atoms with Crippen LogP contribution in [0.3, 0.4) is 0 Å². The highest BCUT2D eigenvalue weighted by Gasteiger charge is 2.19. The molecule has 0 bridgehead atoms. The smallest absolute Gasteiger partial charge is 0.0571 e. The molecule has 1 aliphatic carbocycles. The van der Waals surface area contributed by atoms with E-state index in [1.165, 1.54) is 38.5 Å². The van der Waals surface area contributed by atoms with Crippen molar-refractivity contribution in [1.29, 1.82) is 0 Å². The molecular weight excluding hydrogens is 148 g/mol. The Morgan fingerprint density at radius 3 is 2.42 bits per heavy atom. The first-order valence-electron chi connectivity index (χ1n) is 5.19. The molecule has 71 valence electrons. The highest BCUT2D eigenvalue weighted by Crippen LogP contribution is 2.29. The molecule has 1 rings (SSSR count). The topological polar surface area (TPSA) is 9.23 Å². The Bertz CT molecular complexity index is 104. The van der Waals surface area contributed by atoms with E-state index in [-0.39, 0.29) is 0 Å². The molecule has 0 amide bonds. The van der Waals surface area contributed by atoms with E-state index in [0.29, 0.717) is 6.10 Å². The van der Waals surface area contributed by atoms with E-state index in [2.05, 4.69) is 6.92 Å². The molecule has 1 nitrogen and oxygen atoms in total. The molecule has 0 saturated heterocycles. The summed E-state index contributed by atoms with van der Waals surface area (Å²) in [6.45, 7) is 3.88. The maximum absolute atomic E-state index is 5.33. The molecule has 0 aromatic rings. The molecule has 1 heteroatoms. The normalized spacial score (nSPS) is 30.5. The van der Waals surface area contributed by atoms with Crippen molar-refractivity contribution in [3.05, 3.63) is 6.92 Å². The second kappa shape index (κ2) is 5.58. The molecule has 1 fully saturated rings. The van der Waals surface area contributed by atoms with Gasteiger partial charge in [-0.1, -0.05) is 26.2 Å². The average molecular weight is 169 g/mol. The molecule has 0 aliphatic heterocycles. The minimum Gasteiger partial charge on any atom is -0.381 e. The lowest BCUT2D eigenvalue weighted by Gasteiger charge is -2.27. The van der Waals surface area contributed by atoms with Gasteiger partial charge in [-0.2, -0.15) is 0 Å². The minimum absolute atomic E-state index is 0.556. The molecule has 0 heterocycles. The lowest BCUT2D eigenvalue weighted by Crippen LogP contribution is -2.20. The monoisotopic (exact) mass is 169 g/mol. The van der Waals surface area contributed by atoms with Crippen LogP contribution in [0.25, 0.3) is 0 Å². The lowest BCUT2D eigenvalue weighted by molar-refractivity contribution is 0.0553. The summed E-state index contributed by atoms with van der Waals surface area (Å²) in [5.74, 6) is 0.971. The number of hydrogen-bond donors (Lipinski definition) is 0. The van der Waals surface area contributed by atoms with Crippen LogP contribution in [0.5, 0.6) is 0 Å². The molecule has 0 N–H and O–H groups in total. The summed E-state index contributed by atoms with van der Waals surface area (Å²) in [4.78, 5) is 0. The molecule has 1 aliphatic rings. The summed E-state index contributed by atoms with van der Waals surface area (Å²) in [5, 5.41) is 0. The highest BCUT2D eigenvalue weighted by molar-refractivity contribution is 4.72. The largest absolute Gasteiger partial charge is 0.381 e. The third kappa shape index (κ3) is 3.14. The number of hydrogen-bond acceptors (Lipinski definition) is 1. The molecule has 12 heavy (non-hydrogen) atoms. The van der Waals surface area contributed by atoms with E-state index < -0.39 is 0 Å². The maximum Gasteiger partial charge on any atom is 0.0571 e. The van der Waals surface area contributed by atoms with Gasteiger partial charge in [0.25, 0.3) is 0 Å². The van der Waals surface area contributed by atoms with Gasteiger partial charge in [-0.05, 0) is 31.6 Å². The first-order chi connectivity index (χ1) is 5.86. The quantitative estimate of drug-likeness (QED) is 0.628. The highest BCUT2D eigenvalue weighted by atomic mass is 16.5. The summed E-state index contributed by atoms with van der Waals surface area (Å²) in [7, 11) is 1.83. The summed E-state index contributed by atoms with van der Waals surface area (Å²) < 4.78 is 5.33. The fourth-order valence-corrected chi connectivity index (χ4v) is 2.09. The first kappa shape index (κ1) is 10.0. The molecule has 0 spiro atoms. The van der Waals surface area contributed by atoms with Crippen molar-refractivity contribution in [3.63, 3.8) is 0 Å². The van der Waals surface area contributed by atoms with Crippen molar-refractivity contribution in [1.82, 2.24) is 0 Å². The van der Waals surface area contributed by atoms with Gasteiger partial charge in [0, 0.05) is 7.11 Å². The molecule has 0 atom stereocenters. The van der Waals surface area contributed by atoms with Crippen LogP contribution in [0.1, 0.15) is 44.9 Å². The molecule has 1 saturated carbocycles. The number of rotatable bonds is 4. The third-order valence-electron chi connectivity index (χ3n) is 2.99. The van der Waals surface area contributed by atoms with Gasteiger partial charge in [-0.25, -0.2) is 0 Å². The molecular formula is C11H21O. The minimum atomic E-state index is 0.556. The van der Waals surface area contributed by atoms with Gasteiger partial charge in [0.2, 0.25) is 0 Å². The first-order valence-corrected chi connectivity index (χ1v) is 5.19. The van der Waals surface area contributed by atoms with Gasteiger partial charge >= 0.3 is 0 Å². The van der Waals surface area contributed by atoms with Gasteiger partial charge in [0.05, 0.1) is 6.10 Å². The summed E-state index contributed by atoms with van der Waals surface area (Å²) in [5.41, 5.74) is 0. The Morgan fingerprint density at radius 1 is 1.25 bits per heavy atom. The van der Waals surface area contributed by atoms with E-state index in [9.17, 15) is 0 Å². The number of methoxy groups -OCH3 is 1. The Labute approximate surface area is 76.5 Å². The van der Waals surface area contributed by atoms with Crippen molar-refractivity contribution >= 4 is 0 Å². The third-order valence-corrected chi connectivity index (χ3v) is 2.99. The SMILES string of the molecule is [CH2]CCCC1CCC(OC)CC1. The molecule has 0 unspecified atom stereocenters. The van der Waals surface area contributed by atoms with Crippen LogP contribution in [-0.2, 0) is 4.74 Å². The van der Waals surface area contributed by atoms with Crippen LogP contribution in [-0.4, -0.2) is 13.2 Å². The van der Waals surface area contributed by atoms with Crippen LogP contribution >= 0.6 is 0 Å². The average Bonchev–Trinajstić information content (AvgIpc) is 2.15. The van der Waals surface area contributed by atoms with Crippen LogP contribution in [0.4, 0.5) is 0 Å². The Kier molecular flexibility index (Phi) is 4.67. The van der Waals surface area contributed by atoms with Crippen LogP contribution in [0.2, 0.25) is 0 Å². The standard InChI is InChI=1S/C11H21O/c1-3-4-5-10-6-8-11(12-2)9-7-10/h10-11H,1,3-9H2,2H3. The summed E-state index contributed by atoms with van der Waals surface area (Å²) in [6.07, 6.45) is 9.65. The van der Waals surface area contributed by atoms with Gasteiger partial charge < -0.3 is 4.74 Å². The second-order valence-corrected chi connectivity index (χ2v) is 3.87. The summed E-state index contributed by atoms with van der Waals surface area (Å²) in [6, 6.07) is 0. The molecule has 0 aromatic heterocycles. The zero-order chi connectivity index (χ0) is 8.81. The van der Waals surface area contributed by atoms with E-state index in [4.69, 9.17) is 4.74 Å². The van der Waals surface area contributed by atoms with Crippen LogP contribution < -0.4 is 0 Å². The van der Waals surface area contributed by atoms with E-state index in [1.54, 1.807) is 0 Å². The second-order valence-electron chi connectivity index (χ2n) is 3.87. The zero-order valence-corrected chi connectivity index (χ0v) is 8.22. The molecule has 0 aromatic carbocycles. The predicted molar refractivity (Wildman–Crippen MR) is 52.0 cm³/mol. The van der Waals surface area contributed by atoms with Crippen LogP contribution in [0.15, 0.2) is 0 Å². The molecule has 1 radical (unpaired) electrons. The van der Waals surface area contributed by atoms with Gasteiger partial charge in [-0.3, -0.25) is 0 Å². The summed E-state index contributed by atoms with van der Waals surface area (Å²) >= 11 is 0. The lowest BCUT2D eigenvalue weighted by atomic mass is 9.84. The van der Waals surface area contributed by atoms with Crippen molar-refractivity contribution in [2.45, 2.75) is 51.0 Å². The predicted octanol–water partition coefficient (Wildman–Crippen LogP) is 3.20. The van der Waals surface area contributed by atoms with Crippen molar-refractivity contribution in [2.75, 3.05) is 7.11 Å². The number of ether oxygens (including phenoxy) is 1. The van der Waals surface area contributed by atoms with Crippen LogP contribution in [0, 0.1) is 12.8 Å². The van der Waals surface area contributed by atoms with Crippen molar-refractivity contribution < 1.29 is 4.74 Å². The van der Waals surface area contributed by atoms with Gasteiger partial charge in [0.1, 0.15) is 0 Å². The van der Waals surface area contributed by atoms with E-state index in [1.807, 2.05) is 7.11 Å². The zero-order valence-electron chi connectivity index (χ0n) is 8.22. The van der Waals surface area contributed by atoms with Gasteiger partial charge in [-0.15, -0.1) is 0 Å².